The molecule has 0 aliphatic heterocycles. The Morgan fingerprint density at radius 3 is 1.05 bits per heavy atom. The van der Waals surface area contributed by atoms with Gasteiger partial charge in [0.25, 0.3) is 0 Å². The summed E-state index contributed by atoms with van der Waals surface area (Å²) in [7, 11) is 0. The van der Waals surface area contributed by atoms with Crippen molar-refractivity contribution < 1.29 is 14.4 Å². The van der Waals surface area contributed by atoms with Crippen LogP contribution in [-0.2, 0) is 12.8 Å². The Bertz CT molecular complexity index is 1680. The number of nitrogens with zero attached hydrogens (tertiary/aromatic N) is 2. The zero-order valence-corrected chi connectivity index (χ0v) is 22.9. The summed E-state index contributed by atoms with van der Waals surface area (Å²) in [6, 6.07) is 37.3. The molecule has 5 nitrogen and oxygen atoms in total. The summed E-state index contributed by atoms with van der Waals surface area (Å²) < 4.78 is 3.98. The second-order valence-corrected chi connectivity index (χ2v) is 10.2. The van der Waals surface area contributed by atoms with Crippen molar-refractivity contribution in [2.24, 2.45) is 0 Å². The Morgan fingerprint density at radius 1 is 0.405 bits per heavy atom. The molecule has 0 bridgehead atoms. The highest BCUT2D eigenvalue weighted by molar-refractivity contribution is 6.09. The van der Waals surface area contributed by atoms with Crippen LogP contribution in [0.25, 0.3) is 11.4 Å². The van der Waals surface area contributed by atoms with E-state index < -0.39 is 0 Å². The Hall–Kier alpha value is -5.55. The van der Waals surface area contributed by atoms with Crippen LogP contribution in [0.15, 0.2) is 146 Å². The first-order valence-electron chi connectivity index (χ1n) is 13.8. The monoisotopic (exact) mass is 548 g/mol. The predicted molar refractivity (Wildman–Crippen MR) is 164 cm³/mol. The van der Waals surface area contributed by atoms with Gasteiger partial charge in [-0.3, -0.25) is 14.4 Å². The van der Waals surface area contributed by atoms with Crippen molar-refractivity contribution in [2.75, 3.05) is 0 Å². The average Bonchev–Trinajstić information content (AvgIpc) is 3.77. The second-order valence-electron chi connectivity index (χ2n) is 10.2. The third-order valence-corrected chi connectivity index (χ3v) is 7.35. The lowest BCUT2D eigenvalue weighted by molar-refractivity contribution is 0.0984. The number of aromatic nitrogens is 2. The molecule has 0 spiro atoms. The van der Waals surface area contributed by atoms with Gasteiger partial charge in [-0.1, -0.05) is 48.5 Å². The summed E-state index contributed by atoms with van der Waals surface area (Å²) in [5.41, 5.74) is 6.10. The zero-order valence-electron chi connectivity index (χ0n) is 22.9. The maximum Gasteiger partial charge on any atom is 0.193 e. The third-order valence-electron chi connectivity index (χ3n) is 7.35. The van der Waals surface area contributed by atoms with Gasteiger partial charge in [0.05, 0.1) is 0 Å². The number of carbonyl (C=O) groups is 3. The molecule has 0 radical (unpaired) electrons. The molecule has 4 aromatic carbocycles. The molecule has 0 unspecified atom stereocenters. The Labute approximate surface area is 244 Å². The van der Waals surface area contributed by atoms with Crippen molar-refractivity contribution in [2.45, 2.75) is 12.8 Å². The van der Waals surface area contributed by atoms with Gasteiger partial charge in [0.15, 0.2) is 17.3 Å². The van der Waals surface area contributed by atoms with Crippen molar-refractivity contribution in [3.63, 3.8) is 0 Å². The van der Waals surface area contributed by atoms with Gasteiger partial charge in [-0.2, -0.15) is 0 Å². The fourth-order valence-corrected chi connectivity index (χ4v) is 4.94. The number of carbonyl (C=O) groups excluding carboxylic acids is 3. The predicted octanol–water partition coefficient (Wildman–Crippen LogP) is 7.35. The minimum atomic E-state index is -0.105. The number of hydrogen-bond acceptors (Lipinski definition) is 3. The summed E-state index contributed by atoms with van der Waals surface area (Å²) in [5.74, 6) is -0.0582. The van der Waals surface area contributed by atoms with E-state index in [-0.39, 0.29) is 30.2 Å². The molecule has 0 aliphatic rings. The van der Waals surface area contributed by atoms with E-state index in [1.165, 1.54) is 0 Å². The van der Waals surface area contributed by atoms with E-state index >= 15 is 0 Å². The molecule has 6 aromatic rings. The van der Waals surface area contributed by atoms with E-state index in [1.807, 2.05) is 131 Å². The molecule has 2 aromatic heterocycles. The highest BCUT2D eigenvalue weighted by Gasteiger charge is 2.13. The van der Waals surface area contributed by atoms with Gasteiger partial charge in [-0.05, 0) is 83.9 Å². The van der Waals surface area contributed by atoms with Crippen LogP contribution in [0.1, 0.15) is 47.8 Å². The molecule has 5 heteroatoms. The fourth-order valence-electron chi connectivity index (χ4n) is 4.94. The maximum atomic E-state index is 13.1. The van der Waals surface area contributed by atoms with E-state index in [9.17, 15) is 14.4 Å². The maximum absolute atomic E-state index is 13.1. The van der Waals surface area contributed by atoms with Crippen LogP contribution in [0.3, 0.4) is 0 Å². The number of rotatable bonds is 10. The largest absolute Gasteiger partial charge is 0.324 e. The van der Waals surface area contributed by atoms with Crippen molar-refractivity contribution in [1.29, 1.82) is 0 Å². The van der Waals surface area contributed by atoms with Crippen LogP contribution >= 0.6 is 0 Å². The van der Waals surface area contributed by atoms with E-state index in [4.69, 9.17) is 0 Å². The molecule has 204 valence electrons. The Kier molecular flexibility index (Phi) is 7.56. The van der Waals surface area contributed by atoms with Crippen molar-refractivity contribution in [3.8, 4) is 11.4 Å². The van der Waals surface area contributed by atoms with Crippen LogP contribution < -0.4 is 0 Å². The highest BCUT2D eigenvalue weighted by Crippen LogP contribution is 2.17. The first kappa shape index (κ1) is 26.7. The summed E-state index contributed by atoms with van der Waals surface area (Å²) in [5, 5.41) is 0. The molecule has 0 amide bonds. The van der Waals surface area contributed by atoms with Gasteiger partial charge in [-0.25, -0.2) is 0 Å². The fraction of sp³-hybridized carbons (Fsp3) is 0.0541. The molecule has 0 saturated carbocycles. The van der Waals surface area contributed by atoms with Gasteiger partial charge in [-0.15, -0.1) is 0 Å². The smallest absolute Gasteiger partial charge is 0.193 e. The minimum Gasteiger partial charge on any atom is -0.324 e. The van der Waals surface area contributed by atoms with Crippen molar-refractivity contribution >= 4 is 17.3 Å². The molecular weight excluding hydrogens is 520 g/mol. The molecule has 0 aliphatic carbocycles. The number of ketones is 3. The van der Waals surface area contributed by atoms with Crippen molar-refractivity contribution in [3.05, 3.63) is 179 Å². The molecule has 0 fully saturated rings. The number of benzene rings is 4. The van der Waals surface area contributed by atoms with Crippen LogP contribution in [-0.4, -0.2) is 26.5 Å². The van der Waals surface area contributed by atoms with E-state index in [0.717, 1.165) is 22.5 Å². The molecule has 2 heterocycles. The quantitative estimate of drug-likeness (QED) is 0.168. The normalized spacial score (nSPS) is 10.9. The number of Topliss-reactive ketones (excluding diaryl/α,β-unsaturated/α-hetero) is 2. The Balaban J connectivity index is 1.05. The summed E-state index contributed by atoms with van der Waals surface area (Å²) in [6.07, 6.45) is 8.36. The van der Waals surface area contributed by atoms with Gasteiger partial charge in [0.2, 0.25) is 0 Å². The first-order valence-corrected chi connectivity index (χ1v) is 13.8. The van der Waals surface area contributed by atoms with Gasteiger partial charge >= 0.3 is 0 Å². The van der Waals surface area contributed by atoms with Crippen molar-refractivity contribution in [1.82, 2.24) is 9.13 Å². The van der Waals surface area contributed by atoms with Gasteiger partial charge < -0.3 is 9.13 Å². The molecule has 6 rings (SSSR count). The lowest BCUT2D eigenvalue weighted by atomic mass is 9.97. The topological polar surface area (TPSA) is 61.1 Å². The zero-order chi connectivity index (χ0) is 28.9. The van der Waals surface area contributed by atoms with Gasteiger partial charge in [0.1, 0.15) is 0 Å². The highest BCUT2D eigenvalue weighted by atomic mass is 16.1. The lowest BCUT2D eigenvalue weighted by Gasteiger charge is -2.07. The summed E-state index contributed by atoms with van der Waals surface area (Å²) in [6.45, 7) is 0. The first-order chi connectivity index (χ1) is 20.5. The second kappa shape index (κ2) is 11.9. The summed E-state index contributed by atoms with van der Waals surface area (Å²) >= 11 is 0. The van der Waals surface area contributed by atoms with E-state index in [1.54, 1.807) is 24.3 Å². The summed E-state index contributed by atoms with van der Waals surface area (Å²) in [4.78, 5) is 38.7. The lowest BCUT2D eigenvalue weighted by Crippen LogP contribution is -2.06. The van der Waals surface area contributed by atoms with Crippen LogP contribution in [0.2, 0.25) is 0 Å². The molecular formula is C37H28N2O3. The van der Waals surface area contributed by atoms with Crippen LogP contribution in [0.5, 0.6) is 0 Å². The molecule has 0 atom stereocenters. The van der Waals surface area contributed by atoms with Gasteiger partial charge in [0, 0.05) is 71.3 Å². The van der Waals surface area contributed by atoms with Crippen LogP contribution in [0.4, 0.5) is 0 Å². The average molecular weight is 549 g/mol. The van der Waals surface area contributed by atoms with E-state index in [2.05, 4.69) is 0 Å². The molecule has 0 N–H and O–H groups in total. The van der Waals surface area contributed by atoms with Crippen LogP contribution in [0, 0.1) is 0 Å². The third kappa shape index (κ3) is 5.96. The molecule has 42 heavy (non-hydrogen) atoms. The number of hydrogen-bond donors (Lipinski definition) is 0. The Morgan fingerprint density at radius 2 is 0.714 bits per heavy atom. The molecule has 0 saturated heterocycles. The standard InChI is InChI=1S/C37H28N2O3/c40-35(29-13-17-33(18-14-29)38-21-1-2-22-38)25-27-5-9-31(10-6-27)37(42)32-11-7-28(8-12-32)26-36(41)30-15-19-34(20-16-30)39-23-3-4-24-39/h1-24H,25-26H2. The minimum absolute atomic E-state index is 0.0233. The van der Waals surface area contributed by atoms with E-state index in [0.29, 0.717) is 22.3 Å². The SMILES string of the molecule is O=C(Cc1ccc(C(=O)c2ccc(CC(=O)c3ccc(-n4cccc4)cc3)cc2)cc1)c1ccc(-n2cccc2)cc1.